The smallest absolute Gasteiger partial charge is 0.0527 e. The molecule has 15 heavy (non-hydrogen) atoms. The molecular formula is C13H25NO. The Morgan fingerprint density at radius 2 is 1.80 bits per heavy atom. The minimum atomic E-state index is -0.128. The molecule has 1 aliphatic heterocycles. The van der Waals surface area contributed by atoms with Crippen molar-refractivity contribution in [2.45, 2.75) is 76.5 Å². The molecule has 2 heteroatoms. The van der Waals surface area contributed by atoms with Gasteiger partial charge in [0.15, 0.2) is 0 Å². The molecule has 0 aromatic carbocycles. The lowest BCUT2D eigenvalue weighted by Crippen LogP contribution is -2.46. The van der Waals surface area contributed by atoms with Crippen LogP contribution in [0, 0.1) is 0 Å². The first kappa shape index (κ1) is 11.4. The summed E-state index contributed by atoms with van der Waals surface area (Å²) in [6.07, 6.45) is 10.5. The standard InChI is InChI=1S/C13H25NO/c1-11(15)10-13-8-4-5-9-14(13)12-6-2-3-7-12/h11-13,15H,2-10H2,1H3. The number of likely N-dealkylation sites (tertiary alicyclic amines) is 1. The SMILES string of the molecule is CC(O)CC1CCCCN1C1CCCC1. The molecule has 2 fully saturated rings. The topological polar surface area (TPSA) is 23.5 Å². The van der Waals surface area contributed by atoms with E-state index in [1.54, 1.807) is 0 Å². The van der Waals surface area contributed by atoms with E-state index in [4.69, 9.17) is 0 Å². The second-order valence-electron chi connectivity index (χ2n) is 5.41. The first-order chi connectivity index (χ1) is 7.27. The Morgan fingerprint density at radius 3 is 2.47 bits per heavy atom. The van der Waals surface area contributed by atoms with Crippen LogP contribution in [0.5, 0.6) is 0 Å². The number of rotatable bonds is 3. The Bertz CT molecular complexity index is 187. The Labute approximate surface area is 93.7 Å². The van der Waals surface area contributed by atoms with Gasteiger partial charge in [-0.25, -0.2) is 0 Å². The Balaban J connectivity index is 1.92. The maximum Gasteiger partial charge on any atom is 0.0527 e. The number of hydrogen-bond donors (Lipinski definition) is 1. The molecule has 2 unspecified atom stereocenters. The van der Waals surface area contributed by atoms with Crippen LogP contribution in [-0.2, 0) is 0 Å². The van der Waals surface area contributed by atoms with E-state index in [9.17, 15) is 5.11 Å². The fourth-order valence-corrected chi connectivity index (χ4v) is 3.39. The lowest BCUT2D eigenvalue weighted by Gasteiger charge is -2.40. The van der Waals surface area contributed by atoms with Crippen LogP contribution in [-0.4, -0.2) is 34.7 Å². The van der Waals surface area contributed by atoms with Gasteiger partial charge in [-0.15, -0.1) is 0 Å². The highest BCUT2D eigenvalue weighted by Crippen LogP contribution is 2.30. The summed E-state index contributed by atoms with van der Waals surface area (Å²) in [6.45, 7) is 3.21. The second-order valence-corrected chi connectivity index (χ2v) is 5.41. The molecule has 2 aliphatic rings. The Hall–Kier alpha value is -0.0800. The highest BCUT2D eigenvalue weighted by molar-refractivity contribution is 4.86. The molecular weight excluding hydrogens is 186 g/mol. The summed E-state index contributed by atoms with van der Waals surface area (Å²) in [4.78, 5) is 2.71. The second kappa shape index (κ2) is 5.31. The molecule has 1 saturated heterocycles. The van der Waals surface area contributed by atoms with Crippen molar-refractivity contribution in [3.8, 4) is 0 Å². The van der Waals surface area contributed by atoms with Gasteiger partial charge in [0.05, 0.1) is 6.10 Å². The van der Waals surface area contributed by atoms with Crippen molar-refractivity contribution < 1.29 is 5.11 Å². The Morgan fingerprint density at radius 1 is 1.13 bits per heavy atom. The van der Waals surface area contributed by atoms with E-state index in [-0.39, 0.29) is 6.10 Å². The van der Waals surface area contributed by atoms with Gasteiger partial charge in [0.2, 0.25) is 0 Å². The lowest BCUT2D eigenvalue weighted by molar-refractivity contribution is 0.0566. The summed E-state index contributed by atoms with van der Waals surface area (Å²) >= 11 is 0. The molecule has 2 atom stereocenters. The number of nitrogens with zero attached hydrogens (tertiary/aromatic N) is 1. The summed E-state index contributed by atoms with van der Waals surface area (Å²) < 4.78 is 0. The quantitative estimate of drug-likeness (QED) is 0.775. The van der Waals surface area contributed by atoms with Gasteiger partial charge in [0.25, 0.3) is 0 Å². The van der Waals surface area contributed by atoms with Crippen molar-refractivity contribution in [2.24, 2.45) is 0 Å². The fraction of sp³-hybridized carbons (Fsp3) is 1.00. The number of hydrogen-bond acceptors (Lipinski definition) is 2. The third-order valence-corrected chi connectivity index (χ3v) is 4.08. The summed E-state index contributed by atoms with van der Waals surface area (Å²) in [5, 5.41) is 9.54. The molecule has 88 valence electrons. The van der Waals surface area contributed by atoms with Crippen molar-refractivity contribution in [1.29, 1.82) is 0 Å². The average Bonchev–Trinajstić information content (AvgIpc) is 2.70. The van der Waals surface area contributed by atoms with E-state index in [2.05, 4.69) is 4.90 Å². The van der Waals surface area contributed by atoms with Crippen LogP contribution in [0.2, 0.25) is 0 Å². The molecule has 0 amide bonds. The maximum absolute atomic E-state index is 9.54. The van der Waals surface area contributed by atoms with Crippen LogP contribution in [0.4, 0.5) is 0 Å². The van der Waals surface area contributed by atoms with Gasteiger partial charge in [-0.2, -0.15) is 0 Å². The molecule has 0 bridgehead atoms. The van der Waals surface area contributed by atoms with Crippen LogP contribution in [0.15, 0.2) is 0 Å². The normalized spacial score (nSPS) is 32.0. The maximum atomic E-state index is 9.54. The molecule has 0 spiro atoms. The minimum Gasteiger partial charge on any atom is -0.393 e. The molecule has 0 aromatic heterocycles. The van der Waals surface area contributed by atoms with E-state index < -0.39 is 0 Å². The highest BCUT2D eigenvalue weighted by Gasteiger charge is 2.30. The summed E-state index contributed by atoms with van der Waals surface area (Å²) in [5.41, 5.74) is 0. The van der Waals surface area contributed by atoms with Gasteiger partial charge >= 0.3 is 0 Å². The summed E-state index contributed by atoms with van der Waals surface area (Å²) in [6, 6.07) is 1.51. The van der Waals surface area contributed by atoms with Crippen LogP contribution < -0.4 is 0 Å². The number of aliphatic hydroxyl groups is 1. The Kier molecular flexibility index (Phi) is 4.04. The minimum absolute atomic E-state index is 0.128. The van der Waals surface area contributed by atoms with Crippen molar-refractivity contribution in [3.63, 3.8) is 0 Å². The van der Waals surface area contributed by atoms with Gasteiger partial charge < -0.3 is 5.11 Å². The van der Waals surface area contributed by atoms with Crippen molar-refractivity contribution >= 4 is 0 Å². The predicted octanol–water partition coefficient (Wildman–Crippen LogP) is 2.55. The van der Waals surface area contributed by atoms with Crippen molar-refractivity contribution in [1.82, 2.24) is 4.90 Å². The lowest BCUT2D eigenvalue weighted by atomic mass is 9.95. The van der Waals surface area contributed by atoms with Gasteiger partial charge in [0.1, 0.15) is 0 Å². The molecule has 1 heterocycles. The van der Waals surface area contributed by atoms with Crippen LogP contribution in [0.25, 0.3) is 0 Å². The third-order valence-electron chi connectivity index (χ3n) is 4.08. The molecule has 0 radical (unpaired) electrons. The van der Waals surface area contributed by atoms with Crippen LogP contribution >= 0.6 is 0 Å². The molecule has 2 rings (SSSR count). The van der Waals surface area contributed by atoms with Gasteiger partial charge in [-0.05, 0) is 45.6 Å². The van der Waals surface area contributed by atoms with E-state index >= 15 is 0 Å². The number of aliphatic hydroxyl groups excluding tert-OH is 1. The molecule has 1 aliphatic carbocycles. The molecule has 2 nitrogen and oxygen atoms in total. The fourth-order valence-electron chi connectivity index (χ4n) is 3.39. The van der Waals surface area contributed by atoms with E-state index in [1.807, 2.05) is 6.92 Å². The largest absolute Gasteiger partial charge is 0.393 e. The van der Waals surface area contributed by atoms with Crippen LogP contribution in [0.3, 0.4) is 0 Å². The molecule has 1 saturated carbocycles. The van der Waals surface area contributed by atoms with Gasteiger partial charge in [0, 0.05) is 12.1 Å². The van der Waals surface area contributed by atoms with Gasteiger partial charge in [-0.3, -0.25) is 4.90 Å². The highest BCUT2D eigenvalue weighted by atomic mass is 16.3. The third kappa shape index (κ3) is 2.94. The molecule has 1 N–H and O–H groups in total. The first-order valence-electron chi connectivity index (χ1n) is 6.71. The average molecular weight is 211 g/mol. The number of piperidine rings is 1. The van der Waals surface area contributed by atoms with Gasteiger partial charge in [-0.1, -0.05) is 19.3 Å². The predicted molar refractivity (Wildman–Crippen MR) is 62.9 cm³/mol. The monoisotopic (exact) mass is 211 g/mol. The van der Waals surface area contributed by atoms with Crippen LogP contribution in [0.1, 0.15) is 58.3 Å². The summed E-state index contributed by atoms with van der Waals surface area (Å²) in [5.74, 6) is 0. The zero-order valence-corrected chi connectivity index (χ0v) is 9.99. The van der Waals surface area contributed by atoms with Crippen molar-refractivity contribution in [2.75, 3.05) is 6.54 Å². The zero-order valence-electron chi connectivity index (χ0n) is 9.99. The van der Waals surface area contributed by atoms with E-state index in [0.29, 0.717) is 6.04 Å². The first-order valence-corrected chi connectivity index (χ1v) is 6.71. The molecule has 0 aromatic rings. The van der Waals surface area contributed by atoms with E-state index in [0.717, 1.165) is 12.5 Å². The van der Waals surface area contributed by atoms with E-state index in [1.165, 1.54) is 51.5 Å². The zero-order chi connectivity index (χ0) is 10.7. The summed E-state index contributed by atoms with van der Waals surface area (Å²) in [7, 11) is 0. The van der Waals surface area contributed by atoms with Crippen molar-refractivity contribution in [3.05, 3.63) is 0 Å².